The largest absolute Gasteiger partial charge is 0.463 e. The molecule has 0 aromatic heterocycles. The Balaban J connectivity index is 2.60. The number of hydrogen-bond donors (Lipinski definition) is 1. The van der Waals surface area contributed by atoms with Crippen molar-refractivity contribution >= 4 is 39.6 Å². The van der Waals surface area contributed by atoms with Crippen LogP contribution in [-0.4, -0.2) is 23.8 Å². The average molecular weight is 312 g/mol. The molecule has 0 saturated heterocycles. The number of ether oxygens (including phenoxy) is 1. The number of benzene rings is 1. The van der Waals surface area contributed by atoms with Gasteiger partial charge in [0.05, 0.1) is 11.9 Å². The van der Waals surface area contributed by atoms with Crippen molar-refractivity contribution in [1.29, 1.82) is 0 Å². The first kappa shape index (κ1) is 14.4. The molecule has 0 spiro atoms. The van der Waals surface area contributed by atoms with E-state index in [0.29, 0.717) is 12.3 Å². The number of carbonyl (C=O) groups is 2. The van der Waals surface area contributed by atoms with Crippen LogP contribution in [0.4, 0.5) is 5.69 Å². The van der Waals surface area contributed by atoms with Gasteiger partial charge in [0.1, 0.15) is 0 Å². The van der Waals surface area contributed by atoms with Crippen LogP contribution in [-0.2, 0) is 14.3 Å². The van der Waals surface area contributed by atoms with E-state index in [2.05, 4.69) is 21.2 Å². The molecule has 96 valence electrons. The van der Waals surface area contributed by atoms with Crippen molar-refractivity contribution in [2.45, 2.75) is 6.92 Å². The second-order valence-electron chi connectivity index (χ2n) is 3.39. The average Bonchev–Trinajstić information content (AvgIpc) is 2.38. The normalized spacial score (nSPS) is 10.3. The van der Waals surface area contributed by atoms with Crippen molar-refractivity contribution in [3.8, 4) is 0 Å². The number of alkyl halides is 1. The minimum absolute atomic E-state index is 0.107. The van der Waals surface area contributed by atoms with Crippen molar-refractivity contribution in [2.75, 3.05) is 17.3 Å². The van der Waals surface area contributed by atoms with Crippen molar-refractivity contribution in [1.82, 2.24) is 0 Å². The molecule has 0 aliphatic heterocycles. The monoisotopic (exact) mass is 311 g/mol. The smallest absolute Gasteiger partial charge is 0.330 e. The van der Waals surface area contributed by atoms with Gasteiger partial charge in [-0.1, -0.05) is 28.1 Å². The number of anilines is 1. The fourth-order valence-electron chi connectivity index (χ4n) is 1.23. The fraction of sp³-hybridized carbons (Fsp3) is 0.231. The number of esters is 1. The van der Waals surface area contributed by atoms with Gasteiger partial charge in [-0.25, -0.2) is 4.79 Å². The SMILES string of the molecule is CCOC(=O)C=Cc1ccc(NC(=O)CBr)cc1. The first-order chi connectivity index (χ1) is 8.65. The lowest BCUT2D eigenvalue weighted by molar-refractivity contribution is -0.137. The van der Waals surface area contributed by atoms with E-state index in [0.717, 1.165) is 5.56 Å². The first-order valence-corrected chi connectivity index (χ1v) is 6.58. The molecule has 1 rings (SSSR count). The van der Waals surface area contributed by atoms with Gasteiger partial charge in [0.15, 0.2) is 0 Å². The van der Waals surface area contributed by atoms with E-state index < -0.39 is 0 Å². The molecule has 0 aliphatic rings. The molecular weight excluding hydrogens is 298 g/mol. The van der Waals surface area contributed by atoms with Crippen molar-refractivity contribution in [2.24, 2.45) is 0 Å². The Labute approximate surface area is 114 Å². The van der Waals surface area contributed by atoms with Crippen molar-refractivity contribution in [3.63, 3.8) is 0 Å². The third-order valence-electron chi connectivity index (χ3n) is 2.01. The van der Waals surface area contributed by atoms with Crippen LogP contribution in [0.5, 0.6) is 0 Å². The van der Waals surface area contributed by atoms with Gasteiger partial charge in [-0.3, -0.25) is 4.79 Å². The zero-order valence-corrected chi connectivity index (χ0v) is 11.6. The first-order valence-electron chi connectivity index (χ1n) is 5.46. The Morgan fingerprint density at radius 1 is 1.33 bits per heavy atom. The Hall–Kier alpha value is -1.62. The predicted octanol–water partition coefficient (Wildman–Crippen LogP) is 2.60. The van der Waals surface area contributed by atoms with Gasteiger partial charge in [0.25, 0.3) is 0 Å². The minimum Gasteiger partial charge on any atom is -0.463 e. The van der Waals surface area contributed by atoms with Gasteiger partial charge < -0.3 is 10.1 Å². The second kappa shape index (κ2) is 7.66. The van der Waals surface area contributed by atoms with Crippen LogP contribution in [0.2, 0.25) is 0 Å². The zero-order chi connectivity index (χ0) is 13.4. The minimum atomic E-state index is -0.367. The lowest BCUT2D eigenvalue weighted by Crippen LogP contribution is -2.11. The van der Waals surface area contributed by atoms with Crippen LogP contribution in [0.3, 0.4) is 0 Å². The molecule has 0 bridgehead atoms. The van der Waals surface area contributed by atoms with E-state index in [1.54, 1.807) is 37.3 Å². The highest BCUT2D eigenvalue weighted by Gasteiger charge is 1.99. The molecule has 0 saturated carbocycles. The van der Waals surface area contributed by atoms with Crippen molar-refractivity contribution < 1.29 is 14.3 Å². The number of rotatable bonds is 5. The number of amides is 1. The number of halogens is 1. The summed E-state index contributed by atoms with van der Waals surface area (Å²) in [6.45, 7) is 2.12. The maximum absolute atomic E-state index is 11.1. The molecule has 0 atom stereocenters. The van der Waals surface area contributed by atoms with Crippen LogP contribution in [0.25, 0.3) is 6.08 Å². The summed E-state index contributed by atoms with van der Waals surface area (Å²) in [5.41, 5.74) is 1.58. The third kappa shape index (κ3) is 5.14. The molecular formula is C13H14BrNO3. The van der Waals surface area contributed by atoms with Gasteiger partial charge in [0, 0.05) is 11.8 Å². The maximum atomic E-state index is 11.1. The van der Waals surface area contributed by atoms with Crippen LogP contribution in [0.1, 0.15) is 12.5 Å². The fourth-order valence-corrected chi connectivity index (χ4v) is 1.37. The molecule has 1 amide bonds. The molecule has 1 N–H and O–H groups in total. The van der Waals surface area contributed by atoms with E-state index >= 15 is 0 Å². The summed E-state index contributed by atoms with van der Waals surface area (Å²) in [6, 6.07) is 7.15. The number of hydrogen-bond acceptors (Lipinski definition) is 3. The van der Waals surface area contributed by atoms with Crippen LogP contribution < -0.4 is 5.32 Å². The highest BCUT2D eigenvalue weighted by atomic mass is 79.9. The van der Waals surface area contributed by atoms with E-state index in [-0.39, 0.29) is 17.2 Å². The molecule has 18 heavy (non-hydrogen) atoms. The summed E-state index contributed by atoms with van der Waals surface area (Å²) in [4.78, 5) is 22.2. The standard InChI is InChI=1S/C13H14BrNO3/c1-2-18-13(17)8-5-10-3-6-11(7-4-10)15-12(16)9-14/h3-8H,2,9H2,1H3,(H,15,16). The molecule has 0 radical (unpaired) electrons. The summed E-state index contributed by atoms with van der Waals surface area (Å²) in [5.74, 6) is -0.473. The van der Waals surface area contributed by atoms with Crippen LogP contribution in [0.15, 0.2) is 30.3 Å². The molecule has 5 heteroatoms. The lowest BCUT2D eigenvalue weighted by Gasteiger charge is -2.02. The van der Waals surface area contributed by atoms with Crippen LogP contribution in [0, 0.1) is 0 Å². The molecule has 4 nitrogen and oxygen atoms in total. The Bertz CT molecular complexity index is 440. The molecule has 1 aromatic carbocycles. The summed E-state index contributed by atoms with van der Waals surface area (Å²) in [6.07, 6.45) is 3.03. The maximum Gasteiger partial charge on any atom is 0.330 e. The van der Waals surface area contributed by atoms with Crippen LogP contribution >= 0.6 is 15.9 Å². The van der Waals surface area contributed by atoms with Gasteiger partial charge in [-0.05, 0) is 30.7 Å². The quantitative estimate of drug-likeness (QED) is 0.516. The summed E-state index contributed by atoms with van der Waals surface area (Å²) in [7, 11) is 0. The van der Waals surface area contributed by atoms with Gasteiger partial charge in [-0.2, -0.15) is 0 Å². The van der Waals surface area contributed by atoms with Gasteiger partial charge >= 0.3 is 5.97 Å². The Morgan fingerprint density at radius 2 is 2.00 bits per heavy atom. The highest BCUT2D eigenvalue weighted by molar-refractivity contribution is 9.09. The topological polar surface area (TPSA) is 55.4 Å². The van der Waals surface area contributed by atoms with Gasteiger partial charge in [0.2, 0.25) is 5.91 Å². The summed E-state index contributed by atoms with van der Waals surface area (Å²) in [5, 5.41) is 2.96. The van der Waals surface area contributed by atoms with E-state index in [9.17, 15) is 9.59 Å². The lowest BCUT2D eigenvalue weighted by atomic mass is 10.2. The number of nitrogens with one attached hydrogen (secondary N) is 1. The molecule has 0 heterocycles. The molecule has 0 aliphatic carbocycles. The van der Waals surface area contributed by atoms with Crippen molar-refractivity contribution in [3.05, 3.63) is 35.9 Å². The molecule has 0 unspecified atom stereocenters. The zero-order valence-electron chi connectivity index (χ0n) is 9.98. The Kier molecular flexibility index (Phi) is 6.14. The Morgan fingerprint density at radius 3 is 2.56 bits per heavy atom. The van der Waals surface area contributed by atoms with Gasteiger partial charge in [-0.15, -0.1) is 0 Å². The summed E-state index contributed by atoms with van der Waals surface area (Å²) < 4.78 is 4.77. The highest BCUT2D eigenvalue weighted by Crippen LogP contribution is 2.11. The van der Waals surface area contributed by atoms with E-state index in [1.165, 1.54) is 6.08 Å². The van der Waals surface area contributed by atoms with E-state index in [1.807, 2.05) is 0 Å². The van der Waals surface area contributed by atoms with E-state index in [4.69, 9.17) is 4.74 Å². The summed E-state index contributed by atoms with van der Waals surface area (Å²) >= 11 is 3.07. The second-order valence-corrected chi connectivity index (χ2v) is 3.95. The molecule has 1 aromatic rings. The molecule has 0 fully saturated rings. The number of carbonyl (C=O) groups excluding carboxylic acids is 2. The predicted molar refractivity (Wildman–Crippen MR) is 74.5 cm³/mol. The third-order valence-corrected chi connectivity index (χ3v) is 2.52.